The summed E-state index contributed by atoms with van der Waals surface area (Å²) in [6, 6.07) is 6.08. The van der Waals surface area contributed by atoms with Gasteiger partial charge in [0.15, 0.2) is 0 Å². The molecule has 1 saturated heterocycles. The van der Waals surface area contributed by atoms with Gasteiger partial charge in [0, 0.05) is 23.7 Å². The van der Waals surface area contributed by atoms with Crippen LogP contribution in [0.2, 0.25) is 0 Å². The number of amides is 1. The van der Waals surface area contributed by atoms with Crippen LogP contribution in [0.1, 0.15) is 39.2 Å². The molecule has 0 atom stereocenters. The molecule has 1 N–H and O–H groups in total. The molecule has 0 aliphatic carbocycles. The molecule has 0 saturated carbocycles. The van der Waals surface area contributed by atoms with E-state index in [-0.39, 0.29) is 5.91 Å². The molecule has 1 amide bonds. The van der Waals surface area contributed by atoms with Crippen LogP contribution in [-0.4, -0.2) is 29.0 Å². The summed E-state index contributed by atoms with van der Waals surface area (Å²) in [4.78, 5) is 26.2. The number of fused-ring (bicyclic) bond motifs is 1. The number of aromatic nitrogens is 2. The highest BCUT2D eigenvalue weighted by Crippen LogP contribution is 2.36. The molecule has 1 aliphatic heterocycles. The van der Waals surface area contributed by atoms with Crippen LogP contribution in [0.25, 0.3) is 10.2 Å². The third-order valence-electron chi connectivity index (χ3n) is 4.76. The number of hydrogen-bond acceptors (Lipinski definition) is 5. The second kappa shape index (κ2) is 6.68. The number of thiophene rings is 1. The third-order valence-corrected chi connectivity index (χ3v) is 5.77. The molecule has 2 aromatic heterocycles. The van der Waals surface area contributed by atoms with E-state index in [2.05, 4.69) is 26.3 Å². The van der Waals surface area contributed by atoms with Gasteiger partial charge in [0.05, 0.1) is 10.9 Å². The maximum Gasteiger partial charge on any atom is 0.257 e. The quantitative estimate of drug-likeness (QED) is 0.743. The number of carbonyl (C=O) groups excluding carboxylic acids is 1. The summed E-state index contributed by atoms with van der Waals surface area (Å²) in [7, 11) is 0. The van der Waals surface area contributed by atoms with Gasteiger partial charge in [0.25, 0.3) is 5.91 Å². The van der Waals surface area contributed by atoms with Gasteiger partial charge in [-0.05, 0) is 56.9 Å². The fourth-order valence-electron chi connectivity index (χ4n) is 3.71. The minimum atomic E-state index is -0.0889. The smallest absolute Gasteiger partial charge is 0.257 e. The summed E-state index contributed by atoms with van der Waals surface area (Å²) in [5.41, 5.74) is 3.79. The van der Waals surface area contributed by atoms with E-state index in [1.165, 1.54) is 12.8 Å². The van der Waals surface area contributed by atoms with Crippen molar-refractivity contribution in [3.05, 3.63) is 46.1 Å². The Morgan fingerprint density at radius 2 is 1.77 bits per heavy atom. The van der Waals surface area contributed by atoms with Gasteiger partial charge in [-0.2, -0.15) is 0 Å². The minimum Gasteiger partial charge on any atom is -0.356 e. The number of anilines is 2. The number of nitrogens with one attached hydrogen (secondary N) is 1. The second-order valence-corrected chi connectivity index (χ2v) is 8.14. The molecular weight excluding hydrogens is 344 g/mol. The number of carbonyl (C=O) groups is 1. The highest BCUT2D eigenvalue weighted by molar-refractivity contribution is 7.19. The van der Waals surface area contributed by atoms with Crippen LogP contribution >= 0.6 is 11.3 Å². The molecule has 1 fully saturated rings. The van der Waals surface area contributed by atoms with Crippen LogP contribution in [0.5, 0.6) is 0 Å². The summed E-state index contributed by atoms with van der Waals surface area (Å²) in [5, 5.41) is 3.96. The highest BCUT2D eigenvalue weighted by Gasteiger charge is 2.25. The molecule has 134 valence electrons. The first kappa shape index (κ1) is 17.0. The fraction of sp³-hybridized carbons (Fsp3) is 0.350. The van der Waals surface area contributed by atoms with Gasteiger partial charge in [-0.3, -0.25) is 4.79 Å². The SMILES string of the molecule is Cc1cc(C)cc(NC(=O)c2c(C)sc3ncnc(N4CCCC4)c23)c1. The summed E-state index contributed by atoms with van der Waals surface area (Å²) in [5.74, 6) is 0.802. The normalized spacial score (nSPS) is 14.2. The number of aryl methyl sites for hydroxylation is 3. The topological polar surface area (TPSA) is 58.1 Å². The zero-order chi connectivity index (χ0) is 18.3. The lowest BCUT2D eigenvalue weighted by atomic mass is 10.1. The van der Waals surface area contributed by atoms with Crippen LogP contribution < -0.4 is 10.2 Å². The summed E-state index contributed by atoms with van der Waals surface area (Å²) >= 11 is 1.56. The number of hydrogen-bond donors (Lipinski definition) is 1. The molecule has 5 nitrogen and oxygen atoms in total. The Labute approximate surface area is 157 Å². The van der Waals surface area contributed by atoms with Crippen LogP contribution in [0.4, 0.5) is 11.5 Å². The Hall–Kier alpha value is -2.47. The van der Waals surface area contributed by atoms with E-state index in [9.17, 15) is 4.79 Å². The first-order valence-electron chi connectivity index (χ1n) is 8.91. The molecule has 4 rings (SSSR count). The first-order valence-corrected chi connectivity index (χ1v) is 9.73. The average Bonchev–Trinajstić information content (AvgIpc) is 3.19. The monoisotopic (exact) mass is 366 g/mol. The standard InChI is InChI=1S/C20H22N4OS/c1-12-8-13(2)10-15(9-12)23-19(25)16-14(3)26-20-17(16)18(21-11-22-20)24-6-4-5-7-24/h8-11H,4-7H2,1-3H3,(H,23,25). The van der Waals surface area contributed by atoms with E-state index in [4.69, 9.17) is 0 Å². The van der Waals surface area contributed by atoms with Crippen molar-refractivity contribution in [3.63, 3.8) is 0 Å². The third kappa shape index (κ3) is 3.05. The predicted octanol–water partition coefficient (Wildman–Crippen LogP) is 4.47. The molecule has 1 aliphatic rings. The summed E-state index contributed by atoms with van der Waals surface area (Å²) in [6.45, 7) is 8.02. The van der Waals surface area contributed by atoms with Crippen molar-refractivity contribution in [2.45, 2.75) is 33.6 Å². The fourth-order valence-corrected chi connectivity index (χ4v) is 4.69. The number of benzene rings is 1. The molecule has 6 heteroatoms. The van der Waals surface area contributed by atoms with Crippen molar-refractivity contribution in [3.8, 4) is 0 Å². The maximum absolute atomic E-state index is 13.1. The summed E-state index contributed by atoms with van der Waals surface area (Å²) in [6.07, 6.45) is 3.94. The van der Waals surface area contributed by atoms with Crippen molar-refractivity contribution in [1.82, 2.24) is 9.97 Å². The Bertz CT molecular complexity index is 969. The molecule has 3 heterocycles. The molecule has 0 spiro atoms. The average molecular weight is 366 g/mol. The molecular formula is C20H22N4OS. The molecule has 3 aromatic rings. The maximum atomic E-state index is 13.1. The molecule has 0 radical (unpaired) electrons. The minimum absolute atomic E-state index is 0.0889. The van der Waals surface area contributed by atoms with E-state index in [1.807, 2.05) is 32.9 Å². The second-order valence-electron chi connectivity index (χ2n) is 6.94. The number of nitrogens with zero attached hydrogens (tertiary/aromatic N) is 3. The van der Waals surface area contributed by atoms with Gasteiger partial charge in [-0.15, -0.1) is 11.3 Å². The van der Waals surface area contributed by atoms with Crippen molar-refractivity contribution in [1.29, 1.82) is 0 Å². The lowest BCUT2D eigenvalue weighted by Gasteiger charge is -2.17. The van der Waals surface area contributed by atoms with E-state index in [0.29, 0.717) is 5.56 Å². The Morgan fingerprint density at radius 3 is 2.46 bits per heavy atom. The van der Waals surface area contributed by atoms with Crippen molar-refractivity contribution < 1.29 is 4.79 Å². The van der Waals surface area contributed by atoms with Crippen LogP contribution in [0, 0.1) is 20.8 Å². The van der Waals surface area contributed by atoms with E-state index < -0.39 is 0 Å². The van der Waals surface area contributed by atoms with Gasteiger partial charge in [0.1, 0.15) is 17.0 Å². The lowest BCUT2D eigenvalue weighted by molar-refractivity contribution is 0.102. The van der Waals surface area contributed by atoms with Crippen LogP contribution in [0.15, 0.2) is 24.5 Å². The molecule has 0 unspecified atom stereocenters. The van der Waals surface area contributed by atoms with Gasteiger partial charge in [0.2, 0.25) is 0 Å². The van der Waals surface area contributed by atoms with Gasteiger partial charge < -0.3 is 10.2 Å². The molecule has 26 heavy (non-hydrogen) atoms. The number of rotatable bonds is 3. The molecule has 0 bridgehead atoms. The van der Waals surface area contributed by atoms with Crippen molar-refractivity contribution in [2.24, 2.45) is 0 Å². The first-order chi connectivity index (χ1) is 12.5. The Balaban J connectivity index is 1.77. The van der Waals surface area contributed by atoms with Crippen LogP contribution in [-0.2, 0) is 0 Å². The van der Waals surface area contributed by atoms with Gasteiger partial charge in [-0.1, -0.05) is 6.07 Å². The predicted molar refractivity (Wildman–Crippen MR) is 107 cm³/mol. The Kier molecular flexibility index (Phi) is 4.36. The highest BCUT2D eigenvalue weighted by atomic mass is 32.1. The van der Waals surface area contributed by atoms with E-state index >= 15 is 0 Å². The Morgan fingerprint density at radius 1 is 1.08 bits per heavy atom. The van der Waals surface area contributed by atoms with Gasteiger partial charge >= 0.3 is 0 Å². The van der Waals surface area contributed by atoms with Crippen LogP contribution in [0.3, 0.4) is 0 Å². The van der Waals surface area contributed by atoms with E-state index in [1.54, 1.807) is 17.7 Å². The largest absolute Gasteiger partial charge is 0.356 e. The molecule has 1 aromatic carbocycles. The van der Waals surface area contributed by atoms with Crippen molar-refractivity contribution in [2.75, 3.05) is 23.3 Å². The summed E-state index contributed by atoms with van der Waals surface area (Å²) < 4.78 is 0. The zero-order valence-corrected chi connectivity index (χ0v) is 16.1. The van der Waals surface area contributed by atoms with Gasteiger partial charge in [-0.25, -0.2) is 9.97 Å². The van der Waals surface area contributed by atoms with Crippen molar-refractivity contribution >= 4 is 39.0 Å². The zero-order valence-electron chi connectivity index (χ0n) is 15.3. The van der Waals surface area contributed by atoms with E-state index in [0.717, 1.165) is 50.8 Å². The lowest BCUT2D eigenvalue weighted by Crippen LogP contribution is -2.20.